The standard InChI is InChI=1S/C16H20F2O/c1-2-12-5-3-4-6-15(12)16(19)9-11-7-13(17)10-14(18)8-11/h7-8,10,12,15H,2-6,9H2,1H3. The summed E-state index contributed by atoms with van der Waals surface area (Å²) in [5.41, 5.74) is 0.447. The minimum absolute atomic E-state index is 0.0741. The SMILES string of the molecule is CCC1CCCCC1C(=O)Cc1cc(F)cc(F)c1. The van der Waals surface area contributed by atoms with Crippen molar-refractivity contribution in [2.45, 2.75) is 45.4 Å². The molecule has 2 unspecified atom stereocenters. The first-order chi connectivity index (χ1) is 9.10. The molecule has 3 heteroatoms. The molecule has 0 aromatic heterocycles. The van der Waals surface area contributed by atoms with Crippen LogP contribution in [0.4, 0.5) is 8.78 Å². The first kappa shape index (κ1) is 14.2. The van der Waals surface area contributed by atoms with E-state index in [1.807, 2.05) is 0 Å². The molecule has 0 bridgehead atoms. The summed E-state index contributed by atoms with van der Waals surface area (Å²) in [6, 6.07) is 3.35. The Hall–Kier alpha value is -1.25. The smallest absolute Gasteiger partial charge is 0.140 e. The molecule has 0 amide bonds. The van der Waals surface area contributed by atoms with Crippen LogP contribution in [0.1, 0.15) is 44.6 Å². The van der Waals surface area contributed by atoms with Crippen molar-refractivity contribution in [2.75, 3.05) is 0 Å². The molecule has 1 aromatic carbocycles. The fourth-order valence-electron chi connectivity index (χ4n) is 3.17. The predicted molar refractivity (Wildman–Crippen MR) is 70.8 cm³/mol. The third-order valence-corrected chi connectivity index (χ3v) is 4.15. The van der Waals surface area contributed by atoms with Crippen molar-refractivity contribution in [1.29, 1.82) is 0 Å². The second-order valence-electron chi connectivity index (χ2n) is 5.48. The fraction of sp³-hybridized carbons (Fsp3) is 0.562. The van der Waals surface area contributed by atoms with E-state index in [1.165, 1.54) is 18.6 Å². The molecule has 19 heavy (non-hydrogen) atoms. The highest BCUT2D eigenvalue weighted by atomic mass is 19.1. The Morgan fingerprint density at radius 3 is 2.42 bits per heavy atom. The third-order valence-electron chi connectivity index (χ3n) is 4.15. The molecule has 104 valence electrons. The number of hydrogen-bond donors (Lipinski definition) is 0. The van der Waals surface area contributed by atoms with Crippen LogP contribution in [0.5, 0.6) is 0 Å². The summed E-state index contributed by atoms with van der Waals surface area (Å²) in [4.78, 5) is 12.3. The molecule has 1 nitrogen and oxygen atoms in total. The van der Waals surface area contributed by atoms with Gasteiger partial charge in [0.1, 0.15) is 17.4 Å². The van der Waals surface area contributed by atoms with Crippen LogP contribution in [0.15, 0.2) is 18.2 Å². The second kappa shape index (κ2) is 6.27. The van der Waals surface area contributed by atoms with Gasteiger partial charge < -0.3 is 0 Å². The Labute approximate surface area is 113 Å². The Bertz CT molecular complexity index is 436. The molecule has 2 atom stereocenters. The zero-order chi connectivity index (χ0) is 13.8. The zero-order valence-corrected chi connectivity index (χ0v) is 11.3. The van der Waals surface area contributed by atoms with E-state index in [0.717, 1.165) is 31.7 Å². The summed E-state index contributed by atoms with van der Waals surface area (Å²) in [6.45, 7) is 2.11. The van der Waals surface area contributed by atoms with E-state index in [-0.39, 0.29) is 18.1 Å². The topological polar surface area (TPSA) is 17.1 Å². The highest BCUT2D eigenvalue weighted by Crippen LogP contribution is 2.33. The highest BCUT2D eigenvalue weighted by Gasteiger charge is 2.29. The van der Waals surface area contributed by atoms with Crippen LogP contribution >= 0.6 is 0 Å². The summed E-state index contributed by atoms with van der Waals surface area (Å²) in [5.74, 6) is -0.571. The van der Waals surface area contributed by atoms with Gasteiger partial charge in [-0.1, -0.05) is 26.2 Å². The lowest BCUT2D eigenvalue weighted by Crippen LogP contribution is -2.28. The van der Waals surface area contributed by atoms with Gasteiger partial charge in [-0.25, -0.2) is 8.78 Å². The molecule has 1 saturated carbocycles. The number of rotatable bonds is 4. The molecule has 0 aliphatic heterocycles. The molecule has 1 fully saturated rings. The van der Waals surface area contributed by atoms with Crippen LogP contribution in [-0.2, 0) is 11.2 Å². The van der Waals surface area contributed by atoms with Crippen LogP contribution in [0, 0.1) is 23.5 Å². The monoisotopic (exact) mass is 266 g/mol. The molecule has 1 aliphatic carbocycles. The van der Waals surface area contributed by atoms with Crippen LogP contribution < -0.4 is 0 Å². The Kier molecular flexibility index (Phi) is 4.67. The summed E-state index contributed by atoms with van der Waals surface area (Å²) in [7, 11) is 0. The van der Waals surface area contributed by atoms with Gasteiger partial charge in [0, 0.05) is 18.4 Å². The largest absolute Gasteiger partial charge is 0.299 e. The highest BCUT2D eigenvalue weighted by molar-refractivity contribution is 5.83. The predicted octanol–water partition coefficient (Wildman–Crippen LogP) is 4.29. The van der Waals surface area contributed by atoms with Gasteiger partial charge in [-0.15, -0.1) is 0 Å². The van der Waals surface area contributed by atoms with E-state index >= 15 is 0 Å². The maximum Gasteiger partial charge on any atom is 0.140 e. The van der Waals surface area contributed by atoms with E-state index in [2.05, 4.69) is 6.92 Å². The summed E-state index contributed by atoms with van der Waals surface area (Å²) >= 11 is 0. The van der Waals surface area contributed by atoms with Gasteiger partial charge in [0.15, 0.2) is 0 Å². The van der Waals surface area contributed by atoms with Crippen molar-refractivity contribution >= 4 is 5.78 Å². The van der Waals surface area contributed by atoms with Gasteiger partial charge in [-0.3, -0.25) is 4.79 Å². The molecular formula is C16H20F2O. The first-order valence-electron chi connectivity index (χ1n) is 7.08. The average molecular weight is 266 g/mol. The number of carbonyl (C=O) groups excluding carboxylic acids is 1. The maximum atomic E-state index is 13.1. The lowest BCUT2D eigenvalue weighted by Gasteiger charge is -2.29. The van der Waals surface area contributed by atoms with Crippen LogP contribution in [0.2, 0.25) is 0 Å². The fourth-order valence-corrected chi connectivity index (χ4v) is 3.17. The molecule has 0 radical (unpaired) electrons. The van der Waals surface area contributed by atoms with Crippen molar-refractivity contribution in [3.63, 3.8) is 0 Å². The van der Waals surface area contributed by atoms with Crippen molar-refractivity contribution in [3.8, 4) is 0 Å². The van der Waals surface area contributed by atoms with Crippen molar-refractivity contribution < 1.29 is 13.6 Å². The molecule has 0 spiro atoms. The molecule has 0 heterocycles. The minimum Gasteiger partial charge on any atom is -0.299 e. The average Bonchev–Trinajstić information content (AvgIpc) is 2.37. The number of Topliss-reactive ketones (excluding diaryl/α,β-unsaturated/α-hetero) is 1. The molecule has 2 rings (SSSR count). The van der Waals surface area contributed by atoms with Crippen molar-refractivity contribution in [1.82, 2.24) is 0 Å². The van der Waals surface area contributed by atoms with Crippen LogP contribution in [-0.4, -0.2) is 5.78 Å². The maximum absolute atomic E-state index is 13.1. The normalized spacial score (nSPS) is 23.3. The van der Waals surface area contributed by atoms with Gasteiger partial charge in [0.25, 0.3) is 0 Å². The van der Waals surface area contributed by atoms with Gasteiger partial charge in [-0.05, 0) is 36.5 Å². The summed E-state index contributed by atoms with van der Waals surface area (Å²) in [5, 5.41) is 0. The summed E-state index contributed by atoms with van der Waals surface area (Å²) < 4.78 is 26.2. The van der Waals surface area contributed by atoms with Gasteiger partial charge in [0.2, 0.25) is 0 Å². The molecule has 0 N–H and O–H groups in total. The van der Waals surface area contributed by atoms with E-state index in [9.17, 15) is 13.6 Å². The van der Waals surface area contributed by atoms with Gasteiger partial charge in [0.05, 0.1) is 0 Å². The Morgan fingerprint density at radius 2 is 1.79 bits per heavy atom. The van der Waals surface area contributed by atoms with Crippen molar-refractivity contribution in [2.24, 2.45) is 11.8 Å². The number of halogens is 2. The summed E-state index contributed by atoms with van der Waals surface area (Å²) in [6.07, 6.45) is 5.46. The van der Waals surface area contributed by atoms with Gasteiger partial charge in [-0.2, -0.15) is 0 Å². The van der Waals surface area contributed by atoms with Gasteiger partial charge >= 0.3 is 0 Å². The number of benzene rings is 1. The second-order valence-corrected chi connectivity index (χ2v) is 5.48. The van der Waals surface area contributed by atoms with Crippen LogP contribution in [0.3, 0.4) is 0 Å². The minimum atomic E-state index is -0.613. The Balaban J connectivity index is 2.07. The molecule has 0 saturated heterocycles. The van der Waals surface area contributed by atoms with E-state index in [4.69, 9.17) is 0 Å². The molecular weight excluding hydrogens is 246 g/mol. The molecule has 1 aromatic rings. The number of hydrogen-bond acceptors (Lipinski definition) is 1. The third kappa shape index (κ3) is 3.62. The van der Waals surface area contributed by atoms with Crippen molar-refractivity contribution in [3.05, 3.63) is 35.4 Å². The van der Waals surface area contributed by atoms with E-state index in [1.54, 1.807) is 0 Å². The Morgan fingerprint density at radius 1 is 1.16 bits per heavy atom. The van der Waals surface area contributed by atoms with E-state index < -0.39 is 11.6 Å². The lowest BCUT2D eigenvalue weighted by atomic mass is 9.74. The number of carbonyl (C=O) groups is 1. The first-order valence-corrected chi connectivity index (χ1v) is 7.08. The zero-order valence-electron chi connectivity index (χ0n) is 11.3. The molecule has 1 aliphatic rings. The quantitative estimate of drug-likeness (QED) is 0.794. The number of ketones is 1. The van der Waals surface area contributed by atoms with E-state index in [0.29, 0.717) is 11.5 Å². The van der Waals surface area contributed by atoms with Crippen LogP contribution in [0.25, 0.3) is 0 Å². The lowest BCUT2D eigenvalue weighted by molar-refractivity contribution is -0.125.